The second-order valence-electron chi connectivity index (χ2n) is 5.70. The van der Waals surface area contributed by atoms with Crippen LogP contribution in [0.5, 0.6) is 5.75 Å². The molecule has 21 heavy (non-hydrogen) atoms. The Labute approximate surface area is 140 Å². The highest BCUT2D eigenvalue weighted by Gasteiger charge is 2.30. The van der Waals surface area contributed by atoms with E-state index in [-0.39, 0.29) is 11.4 Å². The van der Waals surface area contributed by atoms with Crippen molar-refractivity contribution in [2.24, 2.45) is 0 Å². The van der Waals surface area contributed by atoms with E-state index in [0.717, 1.165) is 40.6 Å². The van der Waals surface area contributed by atoms with E-state index in [1.807, 2.05) is 19.1 Å². The highest BCUT2D eigenvalue weighted by Crippen LogP contribution is 2.33. The fourth-order valence-electron chi connectivity index (χ4n) is 2.83. The van der Waals surface area contributed by atoms with Gasteiger partial charge in [-0.2, -0.15) is 0 Å². The summed E-state index contributed by atoms with van der Waals surface area (Å²) in [5.41, 5.74) is 1.95. The van der Waals surface area contributed by atoms with Gasteiger partial charge in [-0.15, -0.1) is 11.6 Å². The van der Waals surface area contributed by atoms with E-state index in [0.29, 0.717) is 12.3 Å². The van der Waals surface area contributed by atoms with Crippen molar-refractivity contribution in [1.82, 2.24) is 0 Å². The van der Waals surface area contributed by atoms with E-state index in [9.17, 15) is 8.42 Å². The highest BCUT2D eigenvalue weighted by atomic mass is 79.9. The Bertz CT molecular complexity index is 616. The summed E-state index contributed by atoms with van der Waals surface area (Å²) in [5.74, 6) is 1.17. The minimum Gasteiger partial charge on any atom is -0.490 e. The van der Waals surface area contributed by atoms with Gasteiger partial charge in [-0.05, 0) is 43.9 Å². The van der Waals surface area contributed by atoms with Crippen LogP contribution in [0.1, 0.15) is 36.8 Å². The number of rotatable bonds is 4. The second-order valence-corrected chi connectivity index (χ2v) is 9.21. The normalized spacial score (nSPS) is 23.0. The first-order chi connectivity index (χ1) is 9.81. The van der Waals surface area contributed by atoms with Gasteiger partial charge in [0.15, 0.2) is 0 Å². The molecule has 0 heterocycles. The monoisotopic (exact) mass is 394 g/mol. The molecule has 0 N–H and O–H groups in total. The minimum absolute atomic E-state index is 0.0553. The van der Waals surface area contributed by atoms with Gasteiger partial charge in [0.1, 0.15) is 15.6 Å². The molecule has 1 fully saturated rings. The number of alkyl halides is 1. The van der Waals surface area contributed by atoms with Crippen LogP contribution in [-0.4, -0.2) is 26.0 Å². The molecule has 0 amide bonds. The van der Waals surface area contributed by atoms with E-state index >= 15 is 0 Å². The zero-order valence-electron chi connectivity index (χ0n) is 12.2. The summed E-state index contributed by atoms with van der Waals surface area (Å²) in [6, 6.07) is 3.94. The fourth-order valence-corrected chi connectivity index (χ4v) is 4.81. The molecule has 0 spiro atoms. The van der Waals surface area contributed by atoms with Crippen LogP contribution in [0.4, 0.5) is 0 Å². The maximum Gasteiger partial charge on any atom is 0.150 e. The largest absolute Gasteiger partial charge is 0.490 e. The first kappa shape index (κ1) is 17.1. The maximum absolute atomic E-state index is 11.7. The predicted octanol–water partition coefficient (Wildman–Crippen LogP) is 4.23. The molecule has 118 valence electrons. The Morgan fingerprint density at radius 2 is 2.10 bits per heavy atom. The first-order valence-electron chi connectivity index (χ1n) is 7.01. The Kier molecular flexibility index (Phi) is 5.60. The van der Waals surface area contributed by atoms with Gasteiger partial charge < -0.3 is 4.74 Å². The summed E-state index contributed by atoms with van der Waals surface area (Å²) in [7, 11) is -3.00. The number of aryl methyl sites for hydroxylation is 1. The van der Waals surface area contributed by atoms with Gasteiger partial charge in [0, 0.05) is 22.7 Å². The zero-order valence-corrected chi connectivity index (χ0v) is 15.4. The topological polar surface area (TPSA) is 43.4 Å². The van der Waals surface area contributed by atoms with Crippen molar-refractivity contribution < 1.29 is 13.2 Å². The van der Waals surface area contributed by atoms with E-state index in [2.05, 4.69) is 15.9 Å². The first-order valence-corrected chi connectivity index (χ1v) is 10.3. The number of benzene rings is 1. The second kappa shape index (κ2) is 6.88. The van der Waals surface area contributed by atoms with Crippen molar-refractivity contribution in [3.8, 4) is 5.75 Å². The van der Waals surface area contributed by atoms with E-state index in [1.54, 1.807) is 0 Å². The van der Waals surface area contributed by atoms with E-state index < -0.39 is 9.84 Å². The molecule has 3 nitrogen and oxygen atoms in total. The molecule has 1 aliphatic rings. The molecular weight excluding hydrogens is 376 g/mol. The molecule has 6 heteroatoms. The quantitative estimate of drug-likeness (QED) is 0.717. The zero-order chi connectivity index (χ0) is 15.6. The van der Waals surface area contributed by atoms with Gasteiger partial charge in [0.25, 0.3) is 0 Å². The third-order valence-corrected chi connectivity index (χ3v) is 6.31. The number of hydrogen-bond acceptors (Lipinski definition) is 3. The van der Waals surface area contributed by atoms with Gasteiger partial charge >= 0.3 is 0 Å². The average molecular weight is 396 g/mol. The molecule has 1 aromatic rings. The van der Waals surface area contributed by atoms with Crippen LogP contribution in [-0.2, 0) is 15.7 Å². The third-order valence-electron chi connectivity index (χ3n) is 3.93. The summed E-state index contributed by atoms with van der Waals surface area (Å²) in [4.78, 5) is 0. The lowest BCUT2D eigenvalue weighted by atomic mass is 9.97. The van der Waals surface area contributed by atoms with Crippen molar-refractivity contribution in [2.75, 3.05) is 6.26 Å². The lowest BCUT2D eigenvalue weighted by Crippen LogP contribution is -2.33. The van der Waals surface area contributed by atoms with Gasteiger partial charge in [-0.3, -0.25) is 0 Å². The van der Waals surface area contributed by atoms with Crippen LogP contribution >= 0.6 is 27.5 Å². The molecule has 0 bridgehead atoms. The SMILES string of the molecule is Cc1cc(Br)cc(CCl)c1OC1CCCC(S(C)(=O)=O)C1. The van der Waals surface area contributed by atoms with Gasteiger partial charge in [-0.25, -0.2) is 8.42 Å². The lowest BCUT2D eigenvalue weighted by Gasteiger charge is -2.29. The smallest absolute Gasteiger partial charge is 0.150 e. The van der Waals surface area contributed by atoms with Crippen LogP contribution in [0.15, 0.2) is 16.6 Å². The minimum atomic E-state index is -3.00. The van der Waals surface area contributed by atoms with Gasteiger partial charge in [0.2, 0.25) is 0 Å². The molecule has 0 saturated heterocycles. The number of sulfone groups is 1. The third kappa shape index (κ3) is 4.36. The van der Waals surface area contributed by atoms with Gasteiger partial charge in [0.05, 0.1) is 17.2 Å². The number of hydrogen-bond donors (Lipinski definition) is 0. The van der Waals surface area contributed by atoms with Gasteiger partial charge in [-0.1, -0.05) is 15.9 Å². The van der Waals surface area contributed by atoms with Crippen LogP contribution in [0.2, 0.25) is 0 Å². The fraction of sp³-hybridized carbons (Fsp3) is 0.600. The van der Waals surface area contributed by atoms with Crippen LogP contribution in [0, 0.1) is 6.92 Å². The molecule has 1 saturated carbocycles. The summed E-state index contributed by atoms with van der Waals surface area (Å²) in [6.45, 7) is 1.98. The summed E-state index contributed by atoms with van der Waals surface area (Å²) in [5, 5.41) is -0.286. The Morgan fingerprint density at radius 1 is 1.38 bits per heavy atom. The molecule has 2 atom stereocenters. The average Bonchev–Trinajstić information content (AvgIpc) is 2.41. The number of ether oxygens (including phenoxy) is 1. The molecule has 2 unspecified atom stereocenters. The van der Waals surface area contributed by atoms with E-state index in [1.165, 1.54) is 6.26 Å². The van der Waals surface area contributed by atoms with Crippen molar-refractivity contribution in [2.45, 2.75) is 49.8 Å². The summed E-state index contributed by atoms with van der Waals surface area (Å²) >= 11 is 9.45. The number of halogens is 2. The molecule has 0 aliphatic heterocycles. The van der Waals surface area contributed by atoms with Crippen LogP contribution in [0.3, 0.4) is 0 Å². The Hall–Kier alpha value is -0.260. The lowest BCUT2D eigenvalue weighted by molar-refractivity contribution is 0.154. The predicted molar refractivity (Wildman–Crippen MR) is 90.0 cm³/mol. The van der Waals surface area contributed by atoms with Crippen molar-refractivity contribution in [1.29, 1.82) is 0 Å². The molecular formula is C15H20BrClO3S. The highest BCUT2D eigenvalue weighted by molar-refractivity contribution is 9.10. The molecule has 0 aromatic heterocycles. The molecule has 1 aromatic carbocycles. The molecule has 0 radical (unpaired) electrons. The summed E-state index contributed by atoms with van der Waals surface area (Å²) < 4.78 is 30.6. The van der Waals surface area contributed by atoms with Crippen molar-refractivity contribution in [3.05, 3.63) is 27.7 Å². The van der Waals surface area contributed by atoms with Crippen LogP contribution < -0.4 is 4.74 Å². The summed E-state index contributed by atoms with van der Waals surface area (Å²) in [6.07, 6.45) is 4.34. The Balaban J connectivity index is 2.18. The molecule has 2 rings (SSSR count). The van der Waals surface area contributed by atoms with E-state index in [4.69, 9.17) is 16.3 Å². The van der Waals surface area contributed by atoms with Crippen molar-refractivity contribution in [3.63, 3.8) is 0 Å². The van der Waals surface area contributed by atoms with Crippen molar-refractivity contribution >= 4 is 37.4 Å². The molecule has 1 aliphatic carbocycles. The van der Waals surface area contributed by atoms with Crippen LogP contribution in [0.25, 0.3) is 0 Å². The standard InChI is InChI=1S/C15H20BrClO3S/c1-10-6-12(16)7-11(9-17)15(10)20-13-4-3-5-14(8-13)21(2,18)19/h6-7,13-14H,3-5,8-9H2,1-2H3. The Morgan fingerprint density at radius 3 is 2.71 bits per heavy atom. The maximum atomic E-state index is 11.7.